The van der Waals surface area contributed by atoms with Crippen LogP contribution in [0.5, 0.6) is 5.75 Å². The maximum absolute atomic E-state index is 14.5. The third-order valence-corrected chi connectivity index (χ3v) is 10.2. The Balaban J connectivity index is 1.82. The van der Waals surface area contributed by atoms with Crippen LogP contribution >= 0.6 is 11.6 Å². The monoisotopic (exact) mass is 634 g/mol. The Morgan fingerprint density at radius 2 is 1.77 bits per heavy atom. The fourth-order valence-electron chi connectivity index (χ4n) is 5.99. The van der Waals surface area contributed by atoms with Gasteiger partial charge in [0.2, 0.25) is 0 Å². The quantitative estimate of drug-likeness (QED) is 0.255. The van der Waals surface area contributed by atoms with Gasteiger partial charge in [-0.25, -0.2) is 23.0 Å². The van der Waals surface area contributed by atoms with Gasteiger partial charge >= 0.3 is 6.03 Å². The lowest BCUT2D eigenvalue weighted by Gasteiger charge is -2.32. The van der Waals surface area contributed by atoms with Crippen LogP contribution in [-0.2, 0) is 29.9 Å². The van der Waals surface area contributed by atoms with Crippen LogP contribution in [0, 0.1) is 5.92 Å². The molecule has 2 aliphatic rings. The van der Waals surface area contributed by atoms with Crippen LogP contribution in [-0.4, -0.2) is 58.0 Å². The number of methoxy groups -OCH3 is 1. The first-order valence-corrected chi connectivity index (χ1v) is 16.4. The van der Waals surface area contributed by atoms with E-state index in [9.17, 15) is 22.8 Å². The summed E-state index contributed by atoms with van der Waals surface area (Å²) in [5, 5.41) is 3.00. The van der Waals surface area contributed by atoms with Crippen LogP contribution in [0.3, 0.4) is 0 Å². The number of urea groups is 1. The number of amides is 4. The highest BCUT2D eigenvalue weighted by molar-refractivity contribution is 7.93. The Labute approximate surface area is 257 Å². The van der Waals surface area contributed by atoms with E-state index in [2.05, 4.69) is 10.8 Å². The second-order valence-corrected chi connectivity index (χ2v) is 12.9. The number of fused-ring (bicyclic) bond motifs is 1. The number of hydroxylamine groups is 1. The third kappa shape index (κ3) is 6.18. The number of nitrogens with one attached hydrogen (secondary N) is 2. The largest absolute Gasteiger partial charge is 0.495 e. The highest BCUT2D eigenvalue weighted by atomic mass is 35.5. The van der Waals surface area contributed by atoms with Gasteiger partial charge in [0, 0.05) is 35.4 Å². The van der Waals surface area contributed by atoms with Crippen LogP contribution in [0.1, 0.15) is 64.9 Å². The predicted molar refractivity (Wildman–Crippen MR) is 164 cm³/mol. The zero-order valence-electron chi connectivity index (χ0n) is 24.9. The van der Waals surface area contributed by atoms with E-state index in [0.29, 0.717) is 23.1 Å². The Morgan fingerprint density at radius 3 is 2.40 bits per heavy atom. The number of sulfonamides is 1. The molecular weight excluding hydrogens is 596 g/mol. The minimum absolute atomic E-state index is 0.0165. The van der Waals surface area contributed by atoms with Gasteiger partial charge in [-0.3, -0.25) is 14.4 Å². The Hall–Kier alpha value is -3.35. The van der Waals surface area contributed by atoms with Gasteiger partial charge in [0.15, 0.2) is 5.41 Å². The molecule has 0 aromatic heterocycles. The average molecular weight is 635 g/mol. The smallest absolute Gasteiger partial charge is 0.321 e. The highest BCUT2D eigenvalue weighted by Crippen LogP contribution is 2.51. The van der Waals surface area contributed by atoms with Crippen LogP contribution < -0.4 is 19.8 Å². The van der Waals surface area contributed by atoms with Crippen molar-refractivity contribution in [3.8, 4) is 5.75 Å². The maximum Gasteiger partial charge on any atom is 0.321 e. The number of ether oxygens (including phenoxy) is 1. The normalized spacial score (nSPS) is 18.7. The summed E-state index contributed by atoms with van der Waals surface area (Å²) < 4.78 is 34.8. The standard InChI is InChI=1S/C30H39ClN4O7S/c1-5-34(6-2)29(38)32-22-14-16-26(25(18-22)41-4)43(39,40)35-24-15-13-21(31)17-23(24)30(28(35)37,27(36)33-42-7-3)19-20-11-9-8-10-12-20/h13-18,20H,5-12,19H2,1-4H3,(H,32,38)(H,33,36). The molecule has 1 aliphatic heterocycles. The first-order chi connectivity index (χ1) is 20.5. The van der Waals surface area contributed by atoms with Crippen molar-refractivity contribution in [1.82, 2.24) is 10.4 Å². The molecule has 1 unspecified atom stereocenters. The van der Waals surface area contributed by atoms with Crippen LogP contribution in [0.15, 0.2) is 41.3 Å². The van der Waals surface area contributed by atoms with E-state index in [1.54, 1.807) is 11.8 Å². The number of rotatable bonds is 11. The molecule has 234 valence electrons. The number of halogens is 1. The fraction of sp³-hybridized carbons (Fsp3) is 0.500. The number of carbonyl (C=O) groups excluding carboxylic acids is 3. The number of benzene rings is 2. The summed E-state index contributed by atoms with van der Waals surface area (Å²) in [5.41, 5.74) is 1.06. The lowest BCUT2D eigenvalue weighted by atomic mass is 9.70. The van der Waals surface area contributed by atoms with Crippen molar-refractivity contribution in [3.05, 3.63) is 47.0 Å². The zero-order chi connectivity index (χ0) is 31.4. The lowest BCUT2D eigenvalue weighted by Crippen LogP contribution is -2.53. The van der Waals surface area contributed by atoms with Gasteiger partial charge < -0.3 is 15.0 Å². The molecule has 2 N–H and O–H groups in total. The van der Waals surface area contributed by atoms with E-state index in [0.717, 1.165) is 32.1 Å². The molecule has 1 saturated carbocycles. The molecule has 4 rings (SSSR count). The fourth-order valence-corrected chi connectivity index (χ4v) is 7.79. The second kappa shape index (κ2) is 13.5. The third-order valence-electron chi connectivity index (χ3n) is 8.19. The van der Waals surface area contributed by atoms with Crippen LogP contribution in [0.2, 0.25) is 5.02 Å². The Kier molecular flexibility index (Phi) is 10.2. The van der Waals surface area contributed by atoms with E-state index < -0.39 is 27.3 Å². The van der Waals surface area contributed by atoms with Crippen molar-refractivity contribution in [2.24, 2.45) is 5.92 Å². The molecule has 2 aromatic carbocycles. The van der Waals surface area contributed by atoms with Gasteiger partial charge in [0.1, 0.15) is 10.6 Å². The zero-order valence-corrected chi connectivity index (χ0v) is 26.5. The first kappa shape index (κ1) is 32.6. The van der Waals surface area contributed by atoms with E-state index in [4.69, 9.17) is 21.2 Å². The molecular formula is C30H39ClN4O7S. The van der Waals surface area contributed by atoms with Crippen LogP contribution in [0.25, 0.3) is 0 Å². The number of hydrogen-bond acceptors (Lipinski definition) is 7. The van der Waals surface area contributed by atoms with Gasteiger partial charge in [0.25, 0.3) is 21.8 Å². The molecule has 1 heterocycles. The lowest BCUT2D eigenvalue weighted by molar-refractivity contribution is -0.145. The van der Waals surface area contributed by atoms with Crippen molar-refractivity contribution < 1.29 is 32.4 Å². The van der Waals surface area contributed by atoms with Crippen molar-refractivity contribution in [1.29, 1.82) is 0 Å². The van der Waals surface area contributed by atoms with Gasteiger partial charge in [-0.1, -0.05) is 43.7 Å². The Morgan fingerprint density at radius 1 is 1.07 bits per heavy atom. The van der Waals surface area contributed by atoms with Gasteiger partial charge in [0.05, 0.1) is 19.4 Å². The van der Waals surface area contributed by atoms with E-state index in [-0.39, 0.29) is 51.9 Å². The molecule has 0 bridgehead atoms. The topological polar surface area (TPSA) is 134 Å². The summed E-state index contributed by atoms with van der Waals surface area (Å²) in [7, 11) is -3.32. The molecule has 4 amide bonds. The summed E-state index contributed by atoms with van der Waals surface area (Å²) in [6.45, 7) is 6.52. The molecule has 0 saturated heterocycles. The van der Waals surface area contributed by atoms with Gasteiger partial charge in [-0.15, -0.1) is 0 Å². The number of anilines is 2. The average Bonchev–Trinajstić information content (AvgIpc) is 3.24. The molecule has 13 heteroatoms. The number of carbonyl (C=O) groups is 3. The maximum atomic E-state index is 14.5. The minimum atomic E-state index is -4.62. The summed E-state index contributed by atoms with van der Waals surface area (Å²) >= 11 is 6.38. The molecule has 1 fully saturated rings. The minimum Gasteiger partial charge on any atom is -0.495 e. The van der Waals surface area contributed by atoms with Crippen molar-refractivity contribution in [2.45, 2.75) is 69.6 Å². The molecule has 1 aliphatic carbocycles. The molecule has 2 aromatic rings. The molecule has 1 atom stereocenters. The molecule has 0 radical (unpaired) electrons. The molecule has 43 heavy (non-hydrogen) atoms. The van der Waals surface area contributed by atoms with Crippen molar-refractivity contribution in [2.75, 3.05) is 36.4 Å². The number of hydrogen-bond donors (Lipinski definition) is 2. The van der Waals surface area contributed by atoms with Crippen LogP contribution in [0.4, 0.5) is 16.2 Å². The highest BCUT2D eigenvalue weighted by Gasteiger charge is 2.60. The molecule has 11 nitrogen and oxygen atoms in total. The summed E-state index contributed by atoms with van der Waals surface area (Å²) in [6, 6.07) is 8.14. The van der Waals surface area contributed by atoms with Gasteiger partial charge in [-0.05, 0) is 63.4 Å². The molecule has 0 spiro atoms. The van der Waals surface area contributed by atoms with E-state index >= 15 is 0 Å². The summed E-state index contributed by atoms with van der Waals surface area (Å²) in [5.74, 6) is -1.71. The van der Waals surface area contributed by atoms with Crippen molar-refractivity contribution in [3.63, 3.8) is 0 Å². The van der Waals surface area contributed by atoms with E-state index in [1.165, 1.54) is 43.5 Å². The second-order valence-electron chi connectivity index (χ2n) is 10.7. The summed E-state index contributed by atoms with van der Waals surface area (Å²) in [6.07, 6.45) is 4.72. The van der Waals surface area contributed by atoms with Crippen molar-refractivity contribution >= 4 is 50.8 Å². The SMILES string of the molecule is CCONC(=O)C1(CC2CCCCC2)C(=O)N(S(=O)(=O)c2ccc(NC(=O)N(CC)CC)cc2OC)c2ccc(Cl)cc21. The number of nitrogens with zero attached hydrogens (tertiary/aromatic N) is 2. The predicted octanol–water partition coefficient (Wildman–Crippen LogP) is 5.23. The summed E-state index contributed by atoms with van der Waals surface area (Å²) in [4.78, 5) is 47.5. The first-order valence-electron chi connectivity index (χ1n) is 14.6. The Bertz CT molecular complexity index is 1470. The van der Waals surface area contributed by atoms with E-state index in [1.807, 2.05) is 13.8 Å². The van der Waals surface area contributed by atoms with Gasteiger partial charge in [-0.2, -0.15) is 0 Å².